The highest BCUT2D eigenvalue weighted by Crippen LogP contribution is 2.47. The number of carboxylic acid groups (broad SMARTS) is 1. The van der Waals surface area contributed by atoms with Gasteiger partial charge in [0, 0.05) is 28.1 Å². The lowest BCUT2D eigenvalue weighted by atomic mass is 9.75. The van der Waals surface area contributed by atoms with Crippen LogP contribution >= 0.6 is 24.2 Å². The molecule has 3 rings (SSSR count). The van der Waals surface area contributed by atoms with Gasteiger partial charge in [0.1, 0.15) is 0 Å². The lowest BCUT2D eigenvalue weighted by molar-refractivity contribution is -0.0889. The molecule has 0 saturated heterocycles. The van der Waals surface area contributed by atoms with Crippen LogP contribution in [0.25, 0.3) is 0 Å². The number of thiophene rings is 1. The number of fused-ring (bicyclic) bond motifs is 1. The zero-order chi connectivity index (χ0) is 20.0. The van der Waals surface area contributed by atoms with Crippen molar-refractivity contribution >= 4 is 30.1 Å². The molecule has 2 N–H and O–H groups in total. The summed E-state index contributed by atoms with van der Waals surface area (Å²) in [5, 5.41) is 9.87. The van der Waals surface area contributed by atoms with E-state index in [1.165, 1.54) is 23.5 Å². The molecule has 0 radical (unpaired) electrons. The normalized spacial score (nSPS) is 24.4. The van der Waals surface area contributed by atoms with E-state index in [4.69, 9.17) is 0 Å². The number of rotatable bonds is 4. The maximum Gasteiger partial charge on any atom is 0.416 e. The molecule has 0 saturated carbocycles. The zero-order valence-corrected chi connectivity index (χ0v) is 16.8. The average Bonchev–Trinajstić information content (AvgIpc) is 2.91. The third-order valence-corrected chi connectivity index (χ3v) is 6.89. The number of alkyl halides is 3. The van der Waals surface area contributed by atoms with Crippen LogP contribution < -0.4 is 4.72 Å². The number of allylic oxidation sites excluding steroid dienone is 3. The molecule has 1 aromatic heterocycles. The molecule has 148 valence electrons. The molecule has 2 unspecified atom stereocenters. The van der Waals surface area contributed by atoms with Gasteiger partial charge in [-0.3, -0.25) is 4.72 Å². The highest BCUT2D eigenvalue weighted by molar-refractivity contribution is 7.78. The van der Waals surface area contributed by atoms with Crippen LogP contribution in [0.1, 0.15) is 51.9 Å². The van der Waals surface area contributed by atoms with Crippen molar-refractivity contribution in [1.82, 2.24) is 4.72 Å². The minimum atomic E-state index is -4.43. The van der Waals surface area contributed by atoms with Gasteiger partial charge in [0.05, 0.1) is 11.1 Å². The Morgan fingerprint density at radius 3 is 2.74 bits per heavy atom. The van der Waals surface area contributed by atoms with Gasteiger partial charge < -0.3 is 5.11 Å². The summed E-state index contributed by atoms with van der Waals surface area (Å²) in [5.74, 6) is -1.94. The smallest absolute Gasteiger partial charge is 0.416 e. The van der Waals surface area contributed by atoms with Crippen LogP contribution in [0.5, 0.6) is 0 Å². The number of aromatic carboxylic acids is 1. The number of carbonyl (C=O) groups is 1. The first-order chi connectivity index (χ1) is 12.5. The van der Waals surface area contributed by atoms with Crippen LogP contribution in [-0.4, -0.2) is 23.8 Å². The number of thiol groups is 1. The third-order valence-electron chi connectivity index (χ3n) is 5.31. The van der Waals surface area contributed by atoms with Crippen LogP contribution in [0.4, 0.5) is 13.2 Å². The largest absolute Gasteiger partial charge is 0.478 e. The number of nitrogens with one attached hydrogen (secondary N) is 1. The van der Waals surface area contributed by atoms with Gasteiger partial charge in [-0.1, -0.05) is 44.9 Å². The summed E-state index contributed by atoms with van der Waals surface area (Å²) < 4.78 is 42.0. The molecule has 1 heterocycles. The lowest BCUT2D eigenvalue weighted by Crippen LogP contribution is -2.26. The van der Waals surface area contributed by atoms with Crippen LogP contribution in [-0.2, 0) is 12.8 Å². The van der Waals surface area contributed by atoms with E-state index >= 15 is 0 Å². The Labute approximate surface area is 165 Å². The Kier molecular flexibility index (Phi) is 5.53. The van der Waals surface area contributed by atoms with Crippen molar-refractivity contribution in [1.29, 1.82) is 0 Å². The fraction of sp³-hybridized carbons (Fsp3) is 0.526. The quantitative estimate of drug-likeness (QED) is 0.594. The van der Waals surface area contributed by atoms with Gasteiger partial charge in [-0.25, -0.2) is 4.79 Å². The number of halogens is 3. The molecule has 27 heavy (non-hydrogen) atoms. The van der Waals surface area contributed by atoms with Crippen LogP contribution in [0.3, 0.4) is 0 Å². The minimum absolute atomic E-state index is 0.0212. The fourth-order valence-corrected chi connectivity index (χ4v) is 5.59. The second-order valence-corrected chi connectivity index (χ2v) is 9.37. The molecule has 3 nitrogen and oxygen atoms in total. The molecule has 0 amide bonds. The van der Waals surface area contributed by atoms with E-state index < -0.39 is 29.6 Å². The number of carboxylic acids is 1. The van der Waals surface area contributed by atoms with Crippen molar-refractivity contribution in [3.8, 4) is 0 Å². The summed E-state index contributed by atoms with van der Waals surface area (Å²) in [6.45, 7) is 4.45. The second kappa shape index (κ2) is 7.29. The van der Waals surface area contributed by atoms with E-state index in [1.807, 2.05) is 0 Å². The number of hydrogen-bond acceptors (Lipinski definition) is 4. The van der Waals surface area contributed by atoms with Gasteiger partial charge in [0.2, 0.25) is 0 Å². The molecule has 0 aromatic carbocycles. The maximum absolute atomic E-state index is 13.1. The first-order valence-electron chi connectivity index (χ1n) is 8.75. The van der Waals surface area contributed by atoms with Crippen molar-refractivity contribution < 1.29 is 23.1 Å². The van der Waals surface area contributed by atoms with Crippen molar-refractivity contribution in [3.05, 3.63) is 44.7 Å². The predicted octanol–water partition coefficient (Wildman–Crippen LogP) is 5.15. The van der Waals surface area contributed by atoms with Crippen LogP contribution in [0.2, 0.25) is 0 Å². The van der Waals surface area contributed by atoms with Gasteiger partial charge >= 0.3 is 12.1 Å². The summed E-state index contributed by atoms with van der Waals surface area (Å²) in [5.41, 5.74) is 0.459. The summed E-state index contributed by atoms with van der Waals surface area (Å²) >= 11 is 5.39. The predicted molar refractivity (Wildman–Crippen MR) is 104 cm³/mol. The Balaban J connectivity index is 2.06. The van der Waals surface area contributed by atoms with Gasteiger partial charge in [-0.2, -0.15) is 13.2 Å². The van der Waals surface area contributed by atoms with Crippen molar-refractivity contribution in [2.75, 3.05) is 6.54 Å². The third kappa shape index (κ3) is 4.12. The van der Waals surface area contributed by atoms with Gasteiger partial charge in [0.15, 0.2) is 0 Å². The molecule has 2 atom stereocenters. The first-order valence-corrected chi connectivity index (χ1v) is 10.0. The molecule has 0 spiro atoms. The molecule has 8 heteroatoms. The zero-order valence-electron chi connectivity index (χ0n) is 15.1. The van der Waals surface area contributed by atoms with Crippen molar-refractivity contribution in [3.63, 3.8) is 0 Å². The monoisotopic (exact) mass is 417 g/mol. The molecular weight excluding hydrogens is 395 g/mol. The number of hydrogen-bond donors (Lipinski definition) is 3. The van der Waals surface area contributed by atoms with E-state index in [9.17, 15) is 23.1 Å². The molecule has 1 aromatic rings. The lowest BCUT2D eigenvalue weighted by Gasteiger charge is -2.29. The molecule has 0 bridgehead atoms. The second-order valence-electron chi connectivity index (χ2n) is 7.92. The Hall–Kier alpha value is -1.25. The summed E-state index contributed by atoms with van der Waals surface area (Å²) in [6, 6.07) is 0. The van der Waals surface area contributed by atoms with Crippen LogP contribution in [0, 0.1) is 11.3 Å². The fourth-order valence-electron chi connectivity index (χ4n) is 3.91. The van der Waals surface area contributed by atoms with Gasteiger partial charge in [0.25, 0.3) is 0 Å². The maximum atomic E-state index is 13.1. The summed E-state index contributed by atoms with van der Waals surface area (Å²) in [6.07, 6.45) is 1.77. The van der Waals surface area contributed by atoms with Gasteiger partial charge in [-0.05, 0) is 30.2 Å². The Morgan fingerprint density at radius 2 is 2.15 bits per heavy atom. The molecule has 2 aliphatic carbocycles. The SMILES string of the molecule is CC1(C)CCc2sc(C3C=CC(C(F)(F)F)=CC3CNS)c(C(=O)O)c2C1. The van der Waals surface area contributed by atoms with Crippen molar-refractivity contribution in [2.24, 2.45) is 11.3 Å². The average molecular weight is 418 g/mol. The van der Waals surface area contributed by atoms with E-state index in [0.717, 1.165) is 29.4 Å². The summed E-state index contributed by atoms with van der Waals surface area (Å²) in [4.78, 5) is 13.8. The van der Waals surface area contributed by atoms with E-state index in [-0.39, 0.29) is 17.5 Å². The minimum Gasteiger partial charge on any atom is -0.478 e. The van der Waals surface area contributed by atoms with Crippen molar-refractivity contribution in [2.45, 2.75) is 45.2 Å². The van der Waals surface area contributed by atoms with Crippen LogP contribution in [0.15, 0.2) is 23.8 Å². The molecule has 0 fully saturated rings. The van der Waals surface area contributed by atoms with E-state index in [0.29, 0.717) is 11.3 Å². The highest BCUT2D eigenvalue weighted by atomic mass is 32.1. The van der Waals surface area contributed by atoms with Gasteiger partial charge in [-0.15, -0.1) is 11.3 Å². The Bertz CT molecular complexity index is 809. The van der Waals surface area contributed by atoms with E-state index in [1.54, 1.807) is 0 Å². The molecule has 0 aliphatic heterocycles. The van der Waals surface area contributed by atoms with E-state index in [2.05, 4.69) is 31.4 Å². The standard InChI is InChI=1S/C19H22F3NO2S2/c1-18(2)6-5-14-13(8-18)15(17(24)25)16(27-14)12-4-3-11(19(20,21)22)7-10(12)9-23-26/h3-4,7,10,12,23,26H,5-6,8-9H2,1-2H3,(H,24,25). The molecule has 2 aliphatic rings. The molecular formula is C19H22F3NO2S2. The Morgan fingerprint density at radius 1 is 1.44 bits per heavy atom. The summed E-state index contributed by atoms with van der Waals surface area (Å²) in [7, 11) is 0. The highest BCUT2D eigenvalue weighted by Gasteiger charge is 2.39. The first kappa shape index (κ1) is 20.5. The topological polar surface area (TPSA) is 49.3 Å². The number of aryl methyl sites for hydroxylation is 1.